The van der Waals surface area contributed by atoms with E-state index in [4.69, 9.17) is 5.11 Å². The van der Waals surface area contributed by atoms with E-state index in [1.807, 2.05) is 0 Å². The number of carboxylic acid groups (broad SMARTS) is 2. The van der Waals surface area contributed by atoms with Gasteiger partial charge >= 0.3 is 23.9 Å². The van der Waals surface area contributed by atoms with Gasteiger partial charge in [-0.2, -0.15) is 0 Å². The van der Waals surface area contributed by atoms with Gasteiger partial charge < -0.3 is 36.2 Å². The zero-order chi connectivity index (χ0) is 32.8. The molecule has 1 aromatic heterocycles. The molecule has 20 heteroatoms. The van der Waals surface area contributed by atoms with Crippen molar-refractivity contribution in [2.45, 2.75) is 29.5 Å². The molecule has 1 aromatic carbocycles. The lowest BCUT2D eigenvalue weighted by molar-refractivity contribution is -0.155. The SMILES string of the molecule is CCN(CCNC(=O)N[C@@H](C(=O)N[C@@H]1C(=O)N2C(C(=O)O)=C(CSc3nnnn3C)CS[C@H]12)c1ccc(O)cc1)C(=O)C(=O)O. The molecule has 0 aliphatic carbocycles. The first-order valence-electron chi connectivity index (χ1n) is 13.3. The number of rotatable bonds is 12. The molecule has 0 bridgehead atoms. The second-order valence-corrected chi connectivity index (χ2v) is 11.7. The molecular weight excluding hydrogens is 634 g/mol. The number of aromatic hydroxyl groups is 1. The van der Waals surface area contributed by atoms with Crippen LogP contribution >= 0.6 is 23.5 Å². The van der Waals surface area contributed by atoms with Crippen LogP contribution in [0.15, 0.2) is 40.7 Å². The number of thioether (sulfide) groups is 2. The van der Waals surface area contributed by atoms with E-state index in [2.05, 4.69) is 31.5 Å². The number of carbonyl (C=O) groups is 6. The Hall–Kier alpha value is -4.85. The fraction of sp³-hybridized carbons (Fsp3) is 0.400. The van der Waals surface area contributed by atoms with Crippen molar-refractivity contribution < 1.29 is 44.1 Å². The summed E-state index contributed by atoms with van der Waals surface area (Å²) in [5.41, 5.74) is 0.578. The highest BCUT2D eigenvalue weighted by atomic mass is 32.2. The summed E-state index contributed by atoms with van der Waals surface area (Å²) in [4.78, 5) is 76.4. The fourth-order valence-corrected chi connectivity index (χ4v) is 6.85. The van der Waals surface area contributed by atoms with E-state index < -0.39 is 53.1 Å². The number of β-lactam (4-membered cyclic amide) rings is 1. The molecule has 2 aliphatic rings. The molecule has 240 valence electrons. The molecular formula is C25H29N9O9S2. The number of nitrogens with zero attached hydrogens (tertiary/aromatic N) is 6. The van der Waals surface area contributed by atoms with Crippen molar-refractivity contribution in [1.29, 1.82) is 0 Å². The van der Waals surface area contributed by atoms with Gasteiger partial charge in [0, 0.05) is 38.2 Å². The van der Waals surface area contributed by atoms with Crippen LogP contribution in [0.2, 0.25) is 0 Å². The third-order valence-electron chi connectivity index (χ3n) is 6.79. The molecule has 0 unspecified atom stereocenters. The highest BCUT2D eigenvalue weighted by molar-refractivity contribution is 8.01. The van der Waals surface area contributed by atoms with Crippen molar-refractivity contribution in [2.24, 2.45) is 7.05 Å². The van der Waals surface area contributed by atoms with Gasteiger partial charge in [0.1, 0.15) is 28.9 Å². The zero-order valence-electron chi connectivity index (χ0n) is 23.9. The number of fused-ring (bicyclic) bond motifs is 1. The van der Waals surface area contributed by atoms with Crippen LogP contribution in [0.25, 0.3) is 0 Å². The lowest BCUT2D eigenvalue weighted by Crippen LogP contribution is -2.71. The summed E-state index contributed by atoms with van der Waals surface area (Å²) in [6.07, 6.45) is 0. The van der Waals surface area contributed by atoms with E-state index in [0.29, 0.717) is 10.7 Å². The molecule has 3 heterocycles. The average molecular weight is 664 g/mol. The van der Waals surface area contributed by atoms with Crippen LogP contribution in [-0.4, -0.2) is 124 Å². The normalized spacial score (nSPS) is 17.9. The standard InChI is InChI=1S/C25H29N9O9S2/c1-3-33(20(38)23(41)42)9-8-26-24(43)28-15(12-4-6-14(35)7-5-12)18(36)27-16-19(37)34-17(22(39)40)13(10-44-21(16)34)11-45-25-29-30-31-32(25)2/h4-7,15-16,21,35H,3,8-11H2,1-2H3,(H,27,36)(H,39,40)(H,41,42)(H2,26,28,43)/t15-,16-,21-/m1/s1. The number of hydrogen-bond acceptors (Lipinski definition) is 12. The van der Waals surface area contributed by atoms with Crippen molar-refractivity contribution in [1.82, 2.24) is 46.0 Å². The first-order chi connectivity index (χ1) is 21.4. The number of aryl methyl sites for hydroxylation is 1. The molecule has 1 saturated heterocycles. The number of phenols is 1. The summed E-state index contributed by atoms with van der Waals surface area (Å²) in [5.74, 6) is -5.08. The maximum Gasteiger partial charge on any atom is 0.394 e. The Bertz CT molecular complexity index is 1530. The maximum absolute atomic E-state index is 13.5. The first kappa shape index (κ1) is 33.1. The van der Waals surface area contributed by atoms with Gasteiger partial charge in [0.05, 0.1) is 0 Å². The Kier molecular flexibility index (Phi) is 10.5. The van der Waals surface area contributed by atoms with E-state index in [0.717, 1.165) is 9.80 Å². The molecule has 5 amide bonds. The molecule has 6 N–H and O–H groups in total. The summed E-state index contributed by atoms with van der Waals surface area (Å²) >= 11 is 2.49. The minimum atomic E-state index is -1.63. The minimum Gasteiger partial charge on any atom is -0.508 e. The highest BCUT2D eigenvalue weighted by Gasteiger charge is 2.54. The number of nitrogens with one attached hydrogen (secondary N) is 3. The highest BCUT2D eigenvalue weighted by Crippen LogP contribution is 2.41. The van der Waals surface area contributed by atoms with Crippen LogP contribution < -0.4 is 16.0 Å². The van der Waals surface area contributed by atoms with Crippen molar-refractivity contribution >= 4 is 59.2 Å². The zero-order valence-corrected chi connectivity index (χ0v) is 25.5. The van der Waals surface area contributed by atoms with Crippen molar-refractivity contribution in [3.05, 3.63) is 41.1 Å². The van der Waals surface area contributed by atoms with Crippen LogP contribution in [0.3, 0.4) is 0 Å². The minimum absolute atomic E-state index is 0.0917. The van der Waals surface area contributed by atoms with Crippen LogP contribution in [0, 0.1) is 0 Å². The fourth-order valence-electron chi connectivity index (χ4n) is 4.52. The van der Waals surface area contributed by atoms with Crippen molar-refractivity contribution in [2.75, 3.05) is 31.1 Å². The molecule has 2 aromatic rings. The van der Waals surface area contributed by atoms with Crippen molar-refractivity contribution in [3.8, 4) is 5.75 Å². The number of tetrazole rings is 1. The van der Waals surface area contributed by atoms with Crippen LogP contribution in [0.1, 0.15) is 18.5 Å². The monoisotopic (exact) mass is 663 g/mol. The third kappa shape index (κ3) is 7.45. The second-order valence-electron chi connectivity index (χ2n) is 9.64. The van der Waals surface area contributed by atoms with Gasteiger partial charge in [-0.3, -0.25) is 19.3 Å². The molecule has 4 rings (SSSR count). The number of carboxylic acids is 2. The average Bonchev–Trinajstić information content (AvgIpc) is 3.43. The number of aromatic nitrogens is 4. The first-order valence-corrected chi connectivity index (χ1v) is 15.4. The third-order valence-corrected chi connectivity index (χ3v) is 9.22. The van der Waals surface area contributed by atoms with Gasteiger partial charge in [-0.05, 0) is 40.6 Å². The van der Waals surface area contributed by atoms with Gasteiger partial charge in [-0.1, -0.05) is 23.9 Å². The maximum atomic E-state index is 13.5. The summed E-state index contributed by atoms with van der Waals surface area (Å²) in [7, 11) is 1.64. The van der Waals surface area contributed by atoms with Gasteiger partial charge in [0.2, 0.25) is 11.1 Å². The molecule has 45 heavy (non-hydrogen) atoms. The number of hydrogen-bond donors (Lipinski definition) is 6. The van der Waals surface area contributed by atoms with Gasteiger partial charge in [-0.25, -0.2) is 19.1 Å². The lowest BCUT2D eigenvalue weighted by Gasteiger charge is -2.49. The Balaban J connectivity index is 1.43. The number of likely N-dealkylation sites (N-methyl/N-ethyl adjacent to an activating group) is 1. The predicted molar refractivity (Wildman–Crippen MR) is 156 cm³/mol. The molecule has 18 nitrogen and oxygen atoms in total. The molecule has 0 spiro atoms. The van der Waals surface area contributed by atoms with Crippen LogP contribution in [0.5, 0.6) is 5.75 Å². The van der Waals surface area contributed by atoms with E-state index in [1.54, 1.807) is 14.0 Å². The molecule has 2 aliphatic heterocycles. The number of carbonyl (C=O) groups excluding carboxylic acids is 4. The lowest BCUT2D eigenvalue weighted by atomic mass is 10.0. The number of aliphatic carboxylic acids is 2. The Morgan fingerprint density at radius 2 is 1.89 bits per heavy atom. The number of benzene rings is 1. The molecule has 0 radical (unpaired) electrons. The summed E-state index contributed by atoms with van der Waals surface area (Å²) in [6, 6.07) is 2.15. The topological polar surface area (TPSA) is 249 Å². The van der Waals surface area contributed by atoms with Gasteiger partial charge in [-0.15, -0.1) is 16.9 Å². The smallest absolute Gasteiger partial charge is 0.394 e. The molecule has 0 saturated carbocycles. The quantitative estimate of drug-likeness (QED) is 0.0880. The number of phenolic OH excluding ortho intramolecular Hbond substituents is 1. The van der Waals surface area contributed by atoms with E-state index >= 15 is 0 Å². The second kappa shape index (κ2) is 14.3. The molecule has 3 atom stereocenters. The molecule has 1 fully saturated rings. The van der Waals surface area contributed by atoms with E-state index in [1.165, 1.54) is 52.5 Å². The summed E-state index contributed by atoms with van der Waals surface area (Å²) in [6.45, 7) is 1.43. The summed E-state index contributed by atoms with van der Waals surface area (Å²) < 4.78 is 1.43. The van der Waals surface area contributed by atoms with E-state index in [9.17, 15) is 39.0 Å². The summed E-state index contributed by atoms with van der Waals surface area (Å²) in [5, 5.41) is 47.0. The van der Waals surface area contributed by atoms with Crippen molar-refractivity contribution in [3.63, 3.8) is 0 Å². The Morgan fingerprint density at radius 3 is 2.49 bits per heavy atom. The Labute approximate surface area is 263 Å². The van der Waals surface area contributed by atoms with E-state index in [-0.39, 0.29) is 48.1 Å². The predicted octanol–water partition coefficient (Wildman–Crippen LogP) is -1.28. The number of urea groups is 1. The van der Waals surface area contributed by atoms with Gasteiger partial charge in [0.15, 0.2) is 0 Å². The number of amides is 5. The Morgan fingerprint density at radius 1 is 1.18 bits per heavy atom. The largest absolute Gasteiger partial charge is 0.508 e. The van der Waals surface area contributed by atoms with Crippen LogP contribution in [0.4, 0.5) is 4.79 Å². The van der Waals surface area contributed by atoms with Gasteiger partial charge in [0.25, 0.3) is 5.91 Å². The van der Waals surface area contributed by atoms with Crippen LogP contribution in [-0.2, 0) is 31.0 Å².